The normalized spacial score (nSPS) is 10.2. The minimum absolute atomic E-state index is 0.0203. The van der Waals surface area contributed by atoms with E-state index in [2.05, 4.69) is 15.9 Å². The highest BCUT2D eigenvalue weighted by atomic mass is 79.9. The molecule has 0 saturated carbocycles. The number of carbonyl (C=O) groups is 1. The maximum Gasteiger partial charge on any atom is 0.253 e. The monoisotopic (exact) mass is 347 g/mol. The van der Waals surface area contributed by atoms with Crippen molar-refractivity contribution in [1.82, 2.24) is 4.90 Å². The van der Waals surface area contributed by atoms with Crippen LogP contribution < -0.4 is 4.74 Å². The van der Waals surface area contributed by atoms with E-state index in [1.165, 1.54) is 0 Å². The Morgan fingerprint density at radius 2 is 1.62 bits per heavy atom. The number of carbonyl (C=O) groups excluding carboxylic acids is 1. The van der Waals surface area contributed by atoms with E-state index in [1.54, 1.807) is 12.0 Å². The topological polar surface area (TPSA) is 29.5 Å². The van der Waals surface area contributed by atoms with Gasteiger partial charge in [0, 0.05) is 24.5 Å². The second kappa shape index (κ2) is 7.27. The summed E-state index contributed by atoms with van der Waals surface area (Å²) in [6.45, 7) is 0.572. The Hall–Kier alpha value is -1.81. The molecule has 0 radical (unpaired) electrons. The molecule has 0 bridgehead atoms. The standard InChI is InChI=1S/C17H18BrNO2/c1-19(12-14-5-9-16(21-2)10-6-14)17(20)15-7-3-13(11-18)4-8-15/h3-10H,11-12H2,1-2H3. The molecule has 0 unspecified atom stereocenters. The van der Waals surface area contributed by atoms with Crippen molar-refractivity contribution in [2.24, 2.45) is 0 Å². The van der Waals surface area contributed by atoms with Crippen LogP contribution in [0.2, 0.25) is 0 Å². The van der Waals surface area contributed by atoms with Gasteiger partial charge in [-0.3, -0.25) is 4.79 Å². The summed E-state index contributed by atoms with van der Waals surface area (Å²) < 4.78 is 5.13. The first-order valence-electron chi connectivity index (χ1n) is 6.67. The maximum absolute atomic E-state index is 12.4. The van der Waals surface area contributed by atoms with Gasteiger partial charge in [0.25, 0.3) is 5.91 Å². The molecule has 1 amide bonds. The largest absolute Gasteiger partial charge is 0.497 e. The lowest BCUT2D eigenvalue weighted by Crippen LogP contribution is -2.26. The van der Waals surface area contributed by atoms with E-state index in [0.717, 1.165) is 22.2 Å². The molecule has 0 spiro atoms. The summed E-state index contributed by atoms with van der Waals surface area (Å²) in [5.41, 5.74) is 2.93. The average molecular weight is 348 g/mol. The third-order valence-corrected chi connectivity index (χ3v) is 3.93. The molecule has 2 aromatic rings. The van der Waals surface area contributed by atoms with Crippen molar-refractivity contribution in [1.29, 1.82) is 0 Å². The van der Waals surface area contributed by atoms with E-state index in [4.69, 9.17) is 4.74 Å². The summed E-state index contributed by atoms with van der Waals surface area (Å²) in [5, 5.41) is 0.795. The Morgan fingerprint density at radius 1 is 1.05 bits per heavy atom. The van der Waals surface area contributed by atoms with Gasteiger partial charge in [0.1, 0.15) is 5.75 Å². The third kappa shape index (κ3) is 4.08. The van der Waals surface area contributed by atoms with Crippen LogP contribution in [0.4, 0.5) is 0 Å². The average Bonchev–Trinajstić information content (AvgIpc) is 2.55. The van der Waals surface area contributed by atoms with Gasteiger partial charge in [-0.05, 0) is 35.4 Å². The Labute approximate surface area is 133 Å². The molecule has 21 heavy (non-hydrogen) atoms. The molecule has 3 nitrogen and oxygen atoms in total. The van der Waals surface area contributed by atoms with Crippen LogP contribution in [0.25, 0.3) is 0 Å². The highest BCUT2D eigenvalue weighted by Gasteiger charge is 2.11. The van der Waals surface area contributed by atoms with Crippen LogP contribution in [0, 0.1) is 0 Å². The van der Waals surface area contributed by atoms with Crippen molar-refractivity contribution in [2.45, 2.75) is 11.9 Å². The summed E-state index contributed by atoms with van der Waals surface area (Å²) >= 11 is 3.40. The second-order valence-electron chi connectivity index (χ2n) is 4.84. The van der Waals surface area contributed by atoms with Gasteiger partial charge in [0.15, 0.2) is 0 Å². The van der Waals surface area contributed by atoms with Gasteiger partial charge in [-0.2, -0.15) is 0 Å². The molecule has 110 valence electrons. The molecular weight excluding hydrogens is 330 g/mol. The zero-order valence-electron chi connectivity index (χ0n) is 12.2. The van der Waals surface area contributed by atoms with E-state index >= 15 is 0 Å². The van der Waals surface area contributed by atoms with Crippen LogP contribution in [0.5, 0.6) is 5.75 Å². The van der Waals surface area contributed by atoms with Gasteiger partial charge in [-0.1, -0.05) is 40.2 Å². The predicted octanol–water partition coefficient (Wildman–Crippen LogP) is 3.86. The molecule has 0 aliphatic heterocycles. The molecule has 0 heterocycles. The van der Waals surface area contributed by atoms with Gasteiger partial charge in [-0.15, -0.1) is 0 Å². The maximum atomic E-state index is 12.4. The van der Waals surface area contributed by atoms with E-state index in [0.29, 0.717) is 12.1 Å². The Balaban J connectivity index is 2.03. The van der Waals surface area contributed by atoms with E-state index in [9.17, 15) is 4.79 Å². The first kappa shape index (κ1) is 15.6. The van der Waals surface area contributed by atoms with Crippen molar-refractivity contribution in [3.05, 3.63) is 65.2 Å². The Bertz CT molecular complexity index is 593. The van der Waals surface area contributed by atoms with Gasteiger partial charge < -0.3 is 9.64 Å². The van der Waals surface area contributed by atoms with Crippen LogP contribution in [0.1, 0.15) is 21.5 Å². The van der Waals surface area contributed by atoms with Crippen LogP contribution in [-0.4, -0.2) is 25.0 Å². The summed E-state index contributed by atoms with van der Waals surface area (Å²) in [6.07, 6.45) is 0. The zero-order chi connectivity index (χ0) is 15.2. The van der Waals surface area contributed by atoms with Crippen LogP contribution in [0.3, 0.4) is 0 Å². The number of nitrogens with zero attached hydrogens (tertiary/aromatic N) is 1. The van der Waals surface area contributed by atoms with Gasteiger partial charge in [0.05, 0.1) is 7.11 Å². The quantitative estimate of drug-likeness (QED) is 0.768. The molecule has 4 heteroatoms. The number of alkyl halides is 1. The van der Waals surface area contributed by atoms with Crippen molar-refractivity contribution < 1.29 is 9.53 Å². The Kier molecular flexibility index (Phi) is 5.39. The fraction of sp³-hybridized carbons (Fsp3) is 0.235. The van der Waals surface area contributed by atoms with E-state index in [1.807, 2.05) is 55.6 Å². The van der Waals surface area contributed by atoms with Gasteiger partial charge in [0.2, 0.25) is 0 Å². The smallest absolute Gasteiger partial charge is 0.253 e. The first-order valence-corrected chi connectivity index (χ1v) is 7.79. The SMILES string of the molecule is COc1ccc(CN(C)C(=O)c2ccc(CBr)cc2)cc1. The van der Waals surface area contributed by atoms with Crippen molar-refractivity contribution in [3.63, 3.8) is 0 Å². The van der Waals surface area contributed by atoms with Crippen LogP contribution in [-0.2, 0) is 11.9 Å². The predicted molar refractivity (Wildman–Crippen MR) is 87.9 cm³/mol. The van der Waals surface area contributed by atoms with Crippen molar-refractivity contribution >= 4 is 21.8 Å². The number of ether oxygens (including phenoxy) is 1. The van der Waals surface area contributed by atoms with Gasteiger partial charge >= 0.3 is 0 Å². The molecule has 2 aromatic carbocycles. The third-order valence-electron chi connectivity index (χ3n) is 3.28. The molecule has 0 fully saturated rings. The number of methoxy groups -OCH3 is 1. The minimum Gasteiger partial charge on any atom is -0.497 e. The first-order chi connectivity index (χ1) is 10.1. The fourth-order valence-electron chi connectivity index (χ4n) is 2.03. The molecular formula is C17H18BrNO2. The molecule has 0 aromatic heterocycles. The molecule has 2 rings (SSSR count). The lowest BCUT2D eigenvalue weighted by atomic mass is 10.1. The molecule has 0 N–H and O–H groups in total. The number of hydrogen-bond donors (Lipinski definition) is 0. The number of halogens is 1. The van der Waals surface area contributed by atoms with Gasteiger partial charge in [-0.25, -0.2) is 0 Å². The van der Waals surface area contributed by atoms with Crippen molar-refractivity contribution in [2.75, 3.05) is 14.2 Å². The number of hydrogen-bond acceptors (Lipinski definition) is 2. The highest BCUT2D eigenvalue weighted by Crippen LogP contribution is 2.14. The minimum atomic E-state index is 0.0203. The molecule has 0 atom stereocenters. The molecule has 0 aliphatic carbocycles. The molecule has 0 saturated heterocycles. The van der Waals surface area contributed by atoms with E-state index < -0.39 is 0 Å². The van der Waals surface area contributed by atoms with E-state index in [-0.39, 0.29) is 5.91 Å². The summed E-state index contributed by atoms with van der Waals surface area (Å²) in [4.78, 5) is 14.1. The van der Waals surface area contributed by atoms with Crippen LogP contribution >= 0.6 is 15.9 Å². The Morgan fingerprint density at radius 3 is 2.14 bits per heavy atom. The molecule has 0 aliphatic rings. The summed E-state index contributed by atoms with van der Waals surface area (Å²) in [7, 11) is 3.45. The number of benzene rings is 2. The summed E-state index contributed by atoms with van der Waals surface area (Å²) in [6, 6.07) is 15.4. The van der Waals surface area contributed by atoms with Crippen molar-refractivity contribution in [3.8, 4) is 5.75 Å². The number of rotatable bonds is 5. The number of amides is 1. The lowest BCUT2D eigenvalue weighted by molar-refractivity contribution is 0.0785. The zero-order valence-corrected chi connectivity index (χ0v) is 13.8. The summed E-state index contributed by atoms with van der Waals surface area (Å²) in [5.74, 6) is 0.838. The fourth-order valence-corrected chi connectivity index (χ4v) is 2.41. The lowest BCUT2D eigenvalue weighted by Gasteiger charge is -2.17. The second-order valence-corrected chi connectivity index (χ2v) is 5.40. The highest BCUT2D eigenvalue weighted by molar-refractivity contribution is 9.08. The van der Waals surface area contributed by atoms with Crippen LogP contribution in [0.15, 0.2) is 48.5 Å².